The molecule has 4 aliphatic carbocycles. The molecule has 4 aliphatic rings. The fourth-order valence-electron chi connectivity index (χ4n) is 7.28. The van der Waals surface area contributed by atoms with Gasteiger partial charge in [-0.15, -0.1) is 0 Å². The van der Waals surface area contributed by atoms with Gasteiger partial charge in [-0.05, 0) is 92.0 Å². The molecule has 2 amide bonds. The lowest BCUT2D eigenvalue weighted by molar-refractivity contribution is -0.146. The molecule has 34 heavy (non-hydrogen) atoms. The first-order valence-electron chi connectivity index (χ1n) is 12.8. The summed E-state index contributed by atoms with van der Waals surface area (Å²) in [5.41, 5.74) is 3.90. The molecule has 5 heteroatoms. The molecule has 2 aromatic carbocycles. The summed E-state index contributed by atoms with van der Waals surface area (Å²) in [7, 11) is 0. The zero-order valence-electron chi connectivity index (χ0n) is 19.6. The zero-order valence-corrected chi connectivity index (χ0v) is 19.6. The van der Waals surface area contributed by atoms with Crippen molar-refractivity contribution in [3.05, 3.63) is 71.4 Å². The van der Waals surface area contributed by atoms with Crippen LogP contribution in [0.4, 0.5) is 0 Å². The second kappa shape index (κ2) is 8.61. The largest absolute Gasteiger partial charge is 0.361 e. The number of carbonyl (C=O) groups is 2. The molecule has 0 unspecified atom stereocenters. The Labute approximate surface area is 200 Å². The average Bonchev–Trinajstić information content (AvgIpc) is 3.25. The number of aromatic nitrogens is 1. The lowest BCUT2D eigenvalue weighted by atomic mass is 9.49. The summed E-state index contributed by atoms with van der Waals surface area (Å²) in [6.45, 7) is 1.12. The maximum Gasteiger partial charge on any atom is 0.251 e. The summed E-state index contributed by atoms with van der Waals surface area (Å²) >= 11 is 0. The Morgan fingerprint density at radius 3 is 2.26 bits per heavy atom. The Kier molecular flexibility index (Phi) is 5.43. The second-order valence-electron chi connectivity index (χ2n) is 10.9. The molecule has 0 saturated heterocycles. The first-order valence-corrected chi connectivity index (χ1v) is 12.8. The van der Waals surface area contributed by atoms with Crippen LogP contribution in [0.25, 0.3) is 10.9 Å². The summed E-state index contributed by atoms with van der Waals surface area (Å²) in [4.78, 5) is 29.0. The van der Waals surface area contributed by atoms with Crippen LogP contribution in [0.3, 0.4) is 0 Å². The number of carbonyl (C=O) groups excluding carboxylic acids is 2. The minimum absolute atomic E-state index is 0.0657. The van der Waals surface area contributed by atoms with Gasteiger partial charge in [0.2, 0.25) is 5.91 Å². The Hall–Kier alpha value is -3.08. The standard InChI is InChI=1S/C29H33N3O2/c33-27(30-10-9-24-18-31-26-4-2-1-3-25(24)26)23-7-5-19(6-8-23)17-32-28(34)29-14-20-11-21(15-29)13-22(12-20)16-29/h1-8,18,20-22,31H,9-17H2,(H,30,33)(H,32,34). The Morgan fingerprint density at radius 2 is 1.56 bits per heavy atom. The third kappa shape index (κ3) is 4.02. The van der Waals surface area contributed by atoms with E-state index in [1.807, 2.05) is 42.6 Å². The molecule has 5 nitrogen and oxygen atoms in total. The first kappa shape index (κ1) is 21.5. The lowest BCUT2D eigenvalue weighted by Gasteiger charge is -2.55. The van der Waals surface area contributed by atoms with Crippen LogP contribution in [0.1, 0.15) is 60.0 Å². The number of amides is 2. The van der Waals surface area contributed by atoms with Gasteiger partial charge < -0.3 is 15.6 Å². The molecular formula is C29H33N3O2. The van der Waals surface area contributed by atoms with E-state index in [1.54, 1.807) is 0 Å². The molecule has 176 valence electrons. The van der Waals surface area contributed by atoms with E-state index in [4.69, 9.17) is 0 Å². The summed E-state index contributed by atoms with van der Waals surface area (Å²) < 4.78 is 0. The summed E-state index contributed by atoms with van der Waals surface area (Å²) in [5, 5.41) is 7.46. The third-order valence-corrected chi connectivity index (χ3v) is 8.54. The highest BCUT2D eigenvalue weighted by atomic mass is 16.2. The number of para-hydroxylation sites is 1. The topological polar surface area (TPSA) is 74.0 Å². The number of hydrogen-bond donors (Lipinski definition) is 3. The van der Waals surface area contributed by atoms with Gasteiger partial charge in [0, 0.05) is 41.2 Å². The van der Waals surface area contributed by atoms with Crippen molar-refractivity contribution in [2.24, 2.45) is 23.2 Å². The Bertz CT molecular complexity index is 1170. The van der Waals surface area contributed by atoms with Crippen LogP contribution >= 0.6 is 0 Å². The minimum atomic E-state index is -0.112. The van der Waals surface area contributed by atoms with Crippen LogP contribution < -0.4 is 10.6 Å². The van der Waals surface area contributed by atoms with Crippen molar-refractivity contribution in [1.82, 2.24) is 15.6 Å². The maximum absolute atomic E-state index is 13.2. The number of benzene rings is 2. The van der Waals surface area contributed by atoms with Crippen LogP contribution in [0.2, 0.25) is 0 Å². The van der Waals surface area contributed by atoms with Crippen molar-refractivity contribution >= 4 is 22.7 Å². The van der Waals surface area contributed by atoms with Gasteiger partial charge in [-0.2, -0.15) is 0 Å². The molecule has 0 radical (unpaired) electrons. The van der Waals surface area contributed by atoms with E-state index in [9.17, 15) is 9.59 Å². The molecule has 7 rings (SSSR count). The van der Waals surface area contributed by atoms with E-state index in [1.165, 1.54) is 30.2 Å². The van der Waals surface area contributed by atoms with E-state index >= 15 is 0 Å². The predicted molar refractivity (Wildman–Crippen MR) is 133 cm³/mol. The van der Waals surface area contributed by atoms with Crippen LogP contribution in [0, 0.1) is 23.2 Å². The van der Waals surface area contributed by atoms with Crippen LogP contribution in [-0.2, 0) is 17.8 Å². The van der Waals surface area contributed by atoms with Gasteiger partial charge in [0.1, 0.15) is 0 Å². The molecule has 0 atom stereocenters. The van der Waals surface area contributed by atoms with E-state index in [0.717, 1.165) is 54.5 Å². The van der Waals surface area contributed by atoms with Gasteiger partial charge in [0.15, 0.2) is 0 Å². The molecular weight excluding hydrogens is 422 g/mol. The summed E-state index contributed by atoms with van der Waals surface area (Å²) in [6.07, 6.45) is 10.1. The zero-order chi connectivity index (χ0) is 23.1. The molecule has 3 N–H and O–H groups in total. The quantitative estimate of drug-likeness (QED) is 0.470. The van der Waals surface area contributed by atoms with Crippen LogP contribution in [-0.4, -0.2) is 23.3 Å². The van der Waals surface area contributed by atoms with Crippen molar-refractivity contribution < 1.29 is 9.59 Å². The Balaban J connectivity index is 1.00. The third-order valence-electron chi connectivity index (χ3n) is 8.54. The smallest absolute Gasteiger partial charge is 0.251 e. The van der Waals surface area contributed by atoms with Crippen LogP contribution in [0.15, 0.2) is 54.7 Å². The summed E-state index contributed by atoms with van der Waals surface area (Å²) in [5.74, 6) is 2.50. The van der Waals surface area contributed by atoms with E-state index in [-0.39, 0.29) is 17.2 Å². The molecule has 4 saturated carbocycles. The van der Waals surface area contributed by atoms with Crippen molar-refractivity contribution in [3.8, 4) is 0 Å². The monoisotopic (exact) mass is 455 g/mol. The minimum Gasteiger partial charge on any atom is -0.361 e. The molecule has 1 heterocycles. The lowest BCUT2D eigenvalue weighted by Crippen LogP contribution is -2.53. The predicted octanol–water partition coefficient (Wildman–Crippen LogP) is 4.97. The Morgan fingerprint density at radius 1 is 0.882 bits per heavy atom. The molecule has 4 fully saturated rings. The SMILES string of the molecule is O=C(NCCc1c[nH]c2ccccc12)c1ccc(CNC(=O)C23CC4CC(CC(C4)C2)C3)cc1. The average molecular weight is 456 g/mol. The van der Waals surface area contributed by atoms with Gasteiger partial charge >= 0.3 is 0 Å². The number of nitrogens with one attached hydrogen (secondary N) is 3. The first-order chi connectivity index (χ1) is 16.6. The van der Waals surface area contributed by atoms with Crippen molar-refractivity contribution in [3.63, 3.8) is 0 Å². The maximum atomic E-state index is 13.2. The number of hydrogen-bond acceptors (Lipinski definition) is 2. The molecule has 0 aliphatic heterocycles. The van der Waals surface area contributed by atoms with Crippen molar-refractivity contribution in [2.75, 3.05) is 6.54 Å². The highest BCUT2D eigenvalue weighted by Crippen LogP contribution is 2.60. The van der Waals surface area contributed by atoms with E-state index < -0.39 is 0 Å². The number of rotatable bonds is 7. The second-order valence-corrected chi connectivity index (χ2v) is 10.9. The highest BCUT2D eigenvalue weighted by molar-refractivity contribution is 5.94. The van der Waals surface area contributed by atoms with Gasteiger partial charge in [0.05, 0.1) is 0 Å². The van der Waals surface area contributed by atoms with Crippen LogP contribution in [0.5, 0.6) is 0 Å². The molecule has 1 aromatic heterocycles. The summed E-state index contributed by atoms with van der Waals surface area (Å²) in [6, 6.07) is 15.8. The number of aromatic amines is 1. The van der Waals surface area contributed by atoms with Gasteiger partial charge in [-0.1, -0.05) is 30.3 Å². The number of H-pyrrole nitrogens is 1. The van der Waals surface area contributed by atoms with Crippen molar-refractivity contribution in [1.29, 1.82) is 0 Å². The molecule has 4 bridgehead atoms. The molecule has 0 spiro atoms. The van der Waals surface area contributed by atoms with Gasteiger partial charge in [-0.3, -0.25) is 9.59 Å². The van der Waals surface area contributed by atoms with Gasteiger partial charge in [0.25, 0.3) is 5.91 Å². The number of fused-ring (bicyclic) bond motifs is 1. The van der Waals surface area contributed by atoms with E-state index in [0.29, 0.717) is 18.7 Å². The fraction of sp³-hybridized carbons (Fsp3) is 0.448. The normalized spacial score (nSPS) is 27.1. The molecule has 3 aromatic rings. The van der Waals surface area contributed by atoms with Crippen molar-refractivity contribution in [2.45, 2.75) is 51.5 Å². The highest BCUT2D eigenvalue weighted by Gasteiger charge is 2.54. The van der Waals surface area contributed by atoms with E-state index in [2.05, 4.69) is 27.8 Å². The fourth-order valence-corrected chi connectivity index (χ4v) is 7.28. The van der Waals surface area contributed by atoms with Gasteiger partial charge in [-0.25, -0.2) is 0 Å².